The second kappa shape index (κ2) is 7.65. The van der Waals surface area contributed by atoms with Gasteiger partial charge in [-0.15, -0.1) is 0 Å². The zero-order chi connectivity index (χ0) is 17.8. The number of hydrogen-bond donors (Lipinski definition) is 2. The molecule has 134 valence electrons. The molecule has 1 aliphatic rings. The van der Waals surface area contributed by atoms with Gasteiger partial charge in [0.1, 0.15) is 0 Å². The van der Waals surface area contributed by atoms with E-state index in [1.54, 1.807) is 4.90 Å². The summed E-state index contributed by atoms with van der Waals surface area (Å²) in [4.78, 5) is 18.6. The monoisotopic (exact) mass is 344 g/mol. The molecule has 25 heavy (non-hydrogen) atoms. The van der Waals surface area contributed by atoms with Crippen molar-refractivity contribution in [3.63, 3.8) is 0 Å². The third kappa shape index (κ3) is 3.99. The molecule has 7 nitrogen and oxygen atoms in total. The number of nitrogens with one attached hydrogen (secondary N) is 1. The van der Waals surface area contributed by atoms with Gasteiger partial charge in [0.05, 0.1) is 0 Å². The minimum atomic E-state index is -0.114. The van der Waals surface area contributed by atoms with Crippen molar-refractivity contribution in [2.24, 2.45) is 5.92 Å². The van der Waals surface area contributed by atoms with Gasteiger partial charge in [-0.1, -0.05) is 18.1 Å². The smallest absolute Gasteiger partial charge is 0.321 e. The van der Waals surface area contributed by atoms with Crippen LogP contribution >= 0.6 is 0 Å². The molecule has 1 aliphatic heterocycles. The maximum Gasteiger partial charge on any atom is 0.321 e. The van der Waals surface area contributed by atoms with Gasteiger partial charge in [0.2, 0.25) is 0 Å². The zero-order valence-electron chi connectivity index (χ0n) is 14.7. The molecule has 0 radical (unpaired) electrons. The van der Waals surface area contributed by atoms with E-state index in [1.807, 2.05) is 32.0 Å². The lowest BCUT2D eigenvalue weighted by atomic mass is 9.98. The molecule has 1 aromatic heterocycles. The Kier molecular flexibility index (Phi) is 5.33. The number of aryl methyl sites for hydroxylation is 2. The van der Waals surface area contributed by atoms with Crippen LogP contribution in [0.2, 0.25) is 0 Å². The van der Waals surface area contributed by atoms with Gasteiger partial charge in [-0.25, -0.2) is 4.79 Å². The van der Waals surface area contributed by atoms with E-state index in [4.69, 9.17) is 4.52 Å². The van der Waals surface area contributed by atoms with Crippen molar-refractivity contribution in [1.29, 1.82) is 0 Å². The summed E-state index contributed by atoms with van der Waals surface area (Å²) in [6, 6.07) is 5.58. The standard InChI is InChI=1S/C18H24N4O3/c1-3-16-20-17(25-21-16)14-5-4-12(2)15(10-14)19-18(24)22-8-6-13(11-23)7-9-22/h4-5,10,13,23H,3,6-9,11H2,1-2H3,(H,19,24). The van der Waals surface area contributed by atoms with Gasteiger partial charge in [-0.3, -0.25) is 0 Å². The minimum Gasteiger partial charge on any atom is -0.396 e. The second-order valence-corrected chi connectivity index (χ2v) is 6.44. The van der Waals surface area contributed by atoms with Crippen molar-refractivity contribution in [2.45, 2.75) is 33.1 Å². The lowest BCUT2D eigenvalue weighted by Gasteiger charge is -2.31. The second-order valence-electron chi connectivity index (χ2n) is 6.44. The highest BCUT2D eigenvalue weighted by atomic mass is 16.5. The van der Waals surface area contributed by atoms with Gasteiger partial charge >= 0.3 is 6.03 Å². The van der Waals surface area contributed by atoms with E-state index in [0.717, 1.165) is 29.7 Å². The van der Waals surface area contributed by atoms with Crippen LogP contribution in [0.4, 0.5) is 10.5 Å². The molecule has 1 fully saturated rings. The first kappa shape index (κ1) is 17.4. The maximum absolute atomic E-state index is 12.5. The molecule has 0 atom stereocenters. The van der Waals surface area contributed by atoms with Crippen molar-refractivity contribution in [3.8, 4) is 11.5 Å². The number of rotatable bonds is 4. The fourth-order valence-corrected chi connectivity index (χ4v) is 2.92. The van der Waals surface area contributed by atoms with Crippen LogP contribution in [-0.2, 0) is 6.42 Å². The Balaban J connectivity index is 1.71. The normalized spacial score (nSPS) is 15.4. The van der Waals surface area contributed by atoms with Crippen LogP contribution in [0.3, 0.4) is 0 Å². The number of likely N-dealkylation sites (tertiary alicyclic amines) is 1. The minimum absolute atomic E-state index is 0.114. The molecule has 2 heterocycles. The number of urea groups is 1. The lowest BCUT2D eigenvalue weighted by Crippen LogP contribution is -2.41. The van der Waals surface area contributed by atoms with E-state index in [-0.39, 0.29) is 12.6 Å². The molecular weight excluding hydrogens is 320 g/mol. The quantitative estimate of drug-likeness (QED) is 0.890. The average molecular weight is 344 g/mol. The molecule has 0 aliphatic carbocycles. The Labute approximate surface area is 147 Å². The Bertz CT molecular complexity index is 736. The molecule has 2 aromatic rings. The van der Waals surface area contributed by atoms with Gasteiger partial charge in [0, 0.05) is 37.4 Å². The zero-order valence-corrected chi connectivity index (χ0v) is 14.7. The van der Waals surface area contributed by atoms with Crippen LogP contribution < -0.4 is 5.32 Å². The van der Waals surface area contributed by atoms with E-state index in [0.29, 0.717) is 37.1 Å². The van der Waals surface area contributed by atoms with Crippen molar-refractivity contribution in [1.82, 2.24) is 15.0 Å². The first-order valence-corrected chi connectivity index (χ1v) is 8.71. The highest BCUT2D eigenvalue weighted by Gasteiger charge is 2.22. The predicted octanol–water partition coefficient (Wildman–Crippen LogP) is 2.84. The summed E-state index contributed by atoms with van der Waals surface area (Å²) in [5, 5.41) is 16.1. The largest absolute Gasteiger partial charge is 0.396 e. The van der Waals surface area contributed by atoms with Crippen molar-refractivity contribution in [2.75, 3.05) is 25.0 Å². The molecule has 0 saturated carbocycles. The Morgan fingerprint density at radius 3 is 2.80 bits per heavy atom. The predicted molar refractivity (Wildman–Crippen MR) is 94.3 cm³/mol. The molecule has 7 heteroatoms. The highest BCUT2D eigenvalue weighted by Crippen LogP contribution is 2.25. The number of anilines is 1. The number of piperidine rings is 1. The number of aromatic nitrogens is 2. The van der Waals surface area contributed by atoms with Gasteiger partial charge in [-0.05, 0) is 43.4 Å². The highest BCUT2D eigenvalue weighted by molar-refractivity contribution is 5.91. The van der Waals surface area contributed by atoms with Crippen LogP contribution in [0.15, 0.2) is 22.7 Å². The van der Waals surface area contributed by atoms with Gasteiger partial charge < -0.3 is 19.8 Å². The molecule has 0 bridgehead atoms. The number of benzene rings is 1. The molecule has 1 saturated heterocycles. The van der Waals surface area contributed by atoms with E-state index in [2.05, 4.69) is 15.5 Å². The van der Waals surface area contributed by atoms with E-state index in [1.165, 1.54) is 0 Å². The Hall–Kier alpha value is -2.41. The number of nitrogens with zero attached hydrogens (tertiary/aromatic N) is 3. The van der Waals surface area contributed by atoms with E-state index in [9.17, 15) is 9.90 Å². The SMILES string of the molecule is CCc1noc(-c2ccc(C)c(NC(=O)N3CCC(CO)CC3)c2)n1. The molecule has 1 aromatic carbocycles. The van der Waals surface area contributed by atoms with Crippen LogP contribution in [0, 0.1) is 12.8 Å². The fraction of sp³-hybridized carbons (Fsp3) is 0.500. The molecule has 0 unspecified atom stereocenters. The van der Waals surface area contributed by atoms with Gasteiger partial charge in [-0.2, -0.15) is 4.98 Å². The summed E-state index contributed by atoms with van der Waals surface area (Å²) in [6.45, 7) is 5.44. The number of carbonyl (C=O) groups is 1. The van der Waals surface area contributed by atoms with Gasteiger partial charge in [0.25, 0.3) is 5.89 Å². The summed E-state index contributed by atoms with van der Waals surface area (Å²) in [6.07, 6.45) is 2.39. The Morgan fingerprint density at radius 1 is 1.40 bits per heavy atom. The first-order chi connectivity index (χ1) is 12.1. The molecule has 2 amide bonds. The lowest BCUT2D eigenvalue weighted by molar-refractivity contribution is 0.143. The number of aliphatic hydroxyl groups is 1. The van der Waals surface area contributed by atoms with Crippen LogP contribution in [-0.4, -0.2) is 45.9 Å². The average Bonchev–Trinajstić information content (AvgIpc) is 3.12. The maximum atomic E-state index is 12.5. The summed E-state index contributed by atoms with van der Waals surface area (Å²) >= 11 is 0. The fourth-order valence-electron chi connectivity index (χ4n) is 2.92. The van der Waals surface area contributed by atoms with Crippen molar-refractivity contribution < 1.29 is 14.4 Å². The van der Waals surface area contributed by atoms with Gasteiger partial charge in [0.15, 0.2) is 5.82 Å². The van der Waals surface area contributed by atoms with E-state index >= 15 is 0 Å². The summed E-state index contributed by atoms with van der Waals surface area (Å²) in [7, 11) is 0. The van der Waals surface area contributed by atoms with E-state index < -0.39 is 0 Å². The van der Waals surface area contributed by atoms with Crippen LogP contribution in [0.5, 0.6) is 0 Å². The van der Waals surface area contributed by atoms with Crippen molar-refractivity contribution >= 4 is 11.7 Å². The van der Waals surface area contributed by atoms with Crippen LogP contribution in [0.1, 0.15) is 31.2 Å². The number of carbonyl (C=O) groups excluding carboxylic acids is 1. The molecule has 2 N–H and O–H groups in total. The number of hydrogen-bond acceptors (Lipinski definition) is 5. The topological polar surface area (TPSA) is 91.5 Å². The van der Waals surface area contributed by atoms with Crippen molar-refractivity contribution in [3.05, 3.63) is 29.6 Å². The van der Waals surface area contributed by atoms with Crippen LogP contribution in [0.25, 0.3) is 11.5 Å². The summed E-state index contributed by atoms with van der Waals surface area (Å²) < 4.78 is 5.27. The first-order valence-electron chi connectivity index (χ1n) is 8.71. The summed E-state index contributed by atoms with van der Waals surface area (Å²) in [5.74, 6) is 1.42. The Morgan fingerprint density at radius 2 is 2.16 bits per heavy atom. The third-order valence-corrected chi connectivity index (χ3v) is 4.67. The summed E-state index contributed by atoms with van der Waals surface area (Å²) in [5.41, 5.74) is 2.49. The third-order valence-electron chi connectivity index (χ3n) is 4.67. The molecular formula is C18H24N4O3. The molecule has 3 rings (SSSR count). The number of amides is 2. The number of aliphatic hydroxyl groups excluding tert-OH is 1. The molecule has 0 spiro atoms.